The summed E-state index contributed by atoms with van der Waals surface area (Å²) in [5.41, 5.74) is 1.56. The number of aromatic nitrogens is 2. The third-order valence-electron chi connectivity index (χ3n) is 4.81. The average molecular weight is 350 g/mol. The van der Waals surface area contributed by atoms with Crippen molar-refractivity contribution in [1.82, 2.24) is 9.97 Å². The molecule has 1 fully saturated rings. The van der Waals surface area contributed by atoms with Gasteiger partial charge in [0.15, 0.2) is 5.82 Å². The lowest BCUT2D eigenvalue weighted by atomic mass is 10.1. The van der Waals surface area contributed by atoms with Gasteiger partial charge in [0.05, 0.1) is 43.7 Å². The van der Waals surface area contributed by atoms with Crippen LogP contribution in [-0.2, 0) is 0 Å². The molecule has 4 rings (SSSR count). The van der Waals surface area contributed by atoms with Gasteiger partial charge in [0, 0.05) is 23.1 Å². The van der Waals surface area contributed by atoms with E-state index in [1.807, 2.05) is 30.3 Å². The Morgan fingerprint density at radius 1 is 1.08 bits per heavy atom. The van der Waals surface area contributed by atoms with Gasteiger partial charge in [-0.2, -0.15) is 0 Å². The van der Waals surface area contributed by atoms with Crippen LogP contribution in [0.25, 0.3) is 22.3 Å². The van der Waals surface area contributed by atoms with Gasteiger partial charge in [0.1, 0.15) is 5.82 Å². The zero-order valence-electron chi connectivity index (χ0n) is 14.6. The molecule has 2 aromatic carbocycles. The molecule has 1 saturated heterocycles. The number of piperazine rings is 1. The largest absolute Gasteiger partial charge is 0.345 e. The van der Waals surface area contributed by atoms with Crippen molar-refractivity contribution in [2.45, 2.75) is 0 Å². The molecule has 0 unspecified atom stereocenters. The van der Waals surface area contributed by atoms with E-state index in [1.54, 1.807) is 6.07 Å². The molecule has 0 saturated carbocycles. The van der Waals surface area contributed by atoms with Crippen molar-refractivity contribution in [3.05, 3.63) is 58.6 Å². The lowest BCUT2D eigenvalue weighted by Gasteiger charge is -2.31. The van der Waals surface area contributed by atoms with Crippen LogP contribution in [-0.4, -0.2) is 48.1 Å². The zero-order valence-corrected chi connectivity index (χ0v) is 14.6. The summed E-state index contributed by atoms with van der Waals surface area (Å²) in [5.74, 6) is 1.43. The Kier molecular flexibility index (Phi) is 4.22. The summed E-state index contributed by atoms with van der Waals surface area (Å²) in [6, 6.07) is 14.4. The number of quaternary nitrogens is 1. The highest BCUT2D eigenvalue weighted by atomic mass is 16.6. The van der Waals surface area contributed by atoms with E-state index in [0.29, 0.717) is 11.4 Å². The number of anilines is 1. The van der Waals surface area contributed by atoms with Crippen molar-refractivity contribution in [3.63, 3.8) is 0 Å². The van der Waals surface area contributed by atoms with Gasteiger partial charge in [0.2, 0.25) is 0 Å². The number of rotatable bonds is 3. The number of nitro benzene ring substituents is 1. The number of nitrogens with zero attached hydrogens (tertiary/aromatic N) is 4. The van der Waals surface area contributed by atoms with Gasteiger partial charge in [-0.3, -0.25) is 10.1 Å². The van der Waals surface area contributed by atoms with Crippen molar-refractivity contribution >= 4 is 22.4 Å². The van der Waals surface area contributed by atoms with E-state index < -0.39 is 4.92 Å². The fourth-order valence-corrected chi connectivity index (χ4v) is 3.29. The van der Waals surface area contributed by atoms with Crippen LogP contribution in [0.3, 0.4) is 0 Å². The monoisotopic (exact) mass is 350 g/mol. The number of hydrogen-bond donors (Lipinski definition) is 1. The minimum Gasteiger partial charge on any atom is -0.345 e. The summed E-state index contributed by atoms with van der Waals surface area (Å²) in [6.07, 6.45) is 0. The Morgan fingerprint density at radius 3 is 2.62 bits per heavy atom. The predicted octanol–water partition coefficient (Wildman–Crippen LogP) is 1.54. The van der Waals surface area contributed by atoms with Crippen LogP contribution < -0.4 is 9.80 Å². The lowest BCUT2D eigenvalue weighted by molar-refractivity contribution is -0.880. The van der Waals surface area contributed by atoms with Crippen LogP contribution in [0.1, 0.15) is 0 Å². The first-order chi connectivity index (χ1) is 12.6. The number of likely N-dealkylation sites (N-methyl/N-ethyl adjacent to an activating group) is 1. The number of hydrogen-bond acceptors (Lipinski definition) is 5. The topological polar surface area (TPSA) is 76.6 Å². The molecule has 1 aliphatic heterocycles. The fourth-order valence-electron chi connectivity index (χ4n) is 3.29. The molecule has 0 radical (unpaired) electrons. The molecule has 2 heterocycles. The Hall–Kier alpha value is -3.06. The van der Waals surface area contributed by atoms with Crippen LogP contribution in [0.4, 0.5) is 11.5 Å². The number of benzene rings is 2. The number of fused-ring (bicyclic) bond motifs is 1. The normalized spacial score (nSPS) is 15.3. The number of nitro groups is 1. The highest BCUT2D eigenvalue weighted by Gasteiger charge is 2.21. The van der Waals surface area contributed by atoms with Crippen LogP contribution in [0.15, 0.2) is 48.5 Å². The average Bonchev–Trinajstić information content (AvgIpc) is 2.68. The van der Waals surface area contributed by atoms with Crippen LogP contribution in [0.5, 0.6) is 0 Å². The molecule has 7 heteroatoms. The highest BCUT2D eigenvalue weighted by molar-refractivity contribution is 5.91. The van der Waals surface area contributed by atoms with Crippen LogP contribution >= 0.6 is 0 Å². The number of para-hydroxylation sites is 1. The maximum absolute atomic E-state index is 11.1. The Labute approximate surface area is 151 Å². The predicted molar refractivity (Wildman–Crippen MR) is 100 cm³/mol. The van der Waals surface area contributed by atoms with Crippen molar-refractivity contribution < 1.29 is 9.82 Å². The number of non-ortho nitro benzene ring substituents is 1. The van der Waals surface area contributed by atoms with Gasteiger partial charge >= 0.3 is 0 Å². The van der Waals surface area contributed by atoms with Crippen molar-refractivity contribution in [2.24, 2.45) is 0 Å². The summed E-state index contributed by atoms with van der Waals surface area (Å²) < 4.78 is 0. The Bertz CT molecular complexity index is 967. The molecular formula is C19H20N5O2+. The van der Waals surface area contributed by atoms with E-state index >= 15 is 0 Å². The quantitative estimate of drug-likeness (QED) is 0.573. The van der Waals surface area contributed by atoms with E-state index in [4.69, 9.17) is 4.98 Å². The molecule has 1 aromatic heterocycles. The van der Waals surface area contributed by atoms with Crippen molar-refractivity contribution in [1.29, 1.82) is 0 Å². The van der Waals surface area contributed by atoms with Gasteiger partial charge in [-0.05, 0) is 12.1 Å². The SMILES string of the molecule is C[NH+]1CCN(c2nc(-c3cccc([N+](=O)[O-])c3)nc3ccccc23)CC1. The van der Waals surface area contributed by atoms with Gasteiger partial charge in [-0.15, -0.1) is 0 Å². The van der Waals surface area contributed by atoms with Crippen molar-refractivity contribution in [3.8, 4) is 11.4 Å². The minimum absolute atomic E-state index is 0.0454. The van der Waals surface area contributed by atoms with E-state index in [0.717, 1.165) is 42.9 Å². The van der Waals surface area contributed by atoms with E-state index in [2.05, 4.69) is 16.9 Å². The molecule has 0 atom stereocenters. The zero-order chi connectivity index (χ0) is 18.1. The summed E-state index contributed by atoms with van der Waals surface area (Å²) in [7, 11) is 2.20. The van der Waals surface area contributed by atoms with Crippen LogP contribution in [0.2, 0.25) is 0 Å². The first kappa shape index (κ1) is 16.4. The molecule has 0 bridgehead atoms. The summed E-state index contributed by atoms with van der Waals surface area (Å²) >= 11 is 0. The molecular weight excluding hydrogens is 330 g/mol. The maximum atomic E-state index is 11.1. The molecule has 7 nitrogen and oxygen atoms in total. The third kappa shape index (κ3) is 3.09. The van der Waals surface area contributed by atoms with Gasteiger partial charge in [-0.1, -0.05) is 24.3 Å². The summed E-state index contributed by atoms with van der Waals surface area (Å²) in [5, 5.41) is 12.1. The smallest absolute Gasteiger partial charge is 0.270 e. The van der Waals surface area contributed by atoms with E-state index in [9.17, 15) is 10.1 Å². The first-order valence-corrected chi connectivity index (χ1v) is 8.70. The highest BCUT2D eigenvalue weighted by Crippen LogP contribution is 2.28. The minimum atomic E-state index is -0.394. The molecule has 1 N–H and O–H groups in total. The molecule has 0 aliphatic carbocycles. The molecule has 1 aliphatic rings. The van der Waals surface area contributed by atoms with E-state index in [1.165, 1.54) is 17.0 Å². The molecule has 132 valence electrons. The maximum Gasteiger partial charge on any atom is 0.270 e. The standard InChI is InChI=1S/C19H19N5O2/c1-22-9-11-23(12-10-22)19-16-7-2-3-8-17(16)20-18(21-19)14-5-4-6-15(13-14)24(25)26/h2-8,13H,9-12H2,1H3/p+1. The Morgan fingerprint density at radius 2 is 1.85 bits per heavy atom. The van der Waals surface area contributed by atoms with E-state index in [-0.39, 0.29) is 5.69 Å². The summed E-state index contributed by atoms with van der Waals surface area (Å²) in [4.78, 5) is 24.0. The second-order valence-corrected chi connectivity index (χ2v) is 6.64. The van der Waals surface area contributed by atoms with Crippen molar-refractivity contribution in [2.75, 3.05) is 38.1 Å². The second-order valence-electron chi connectivity index (χ2n) is 6.64. The third-order valence-corrected chi connectivity index (χ3v) is 4.81. The van der Waals surface area contributed by atoms with Gasteiger partial charge < -0.3 is 9.80 Å². The molecule has 0 amide bonds. The number of nitrogens with one attached hydrogen (secondary N) is 1. The molecule has 26 heavy (non-hydrogen) atoms. The summed E-state index contributed by atoms with van der Waals surface area (Å²) in [6.45, 7) is 3.98. The first-order valence-electron chi connectivity index (χ1n) is 8.70. The molecule has 3 aromatic rings. The second kappa shape index (κ2) is 6.68. The van der Waals surface area contributed by atoms with Crippen LogP contribution in [0, 0.1) is 10.1 Å². The fraction of sp³-hybridized carbons (Fsp3) is 0.263. The van der Waals surface area contributed by atoms with Gasteiger partial charge in [-0.25, -0.2) is 9.97 Å². The molecule has 0 spiro atoms. The Balaban J connectivity index is 1.84. The lowest BCUT2D eigenvalue weighted by Crippen LogP contribution is -3.12. The van der Waals surface area contributed by atoms with Gasteiger partial charge in [0.25, 0.3) is 5.69 Å².